The molecule has 17 heavy (non-hydrogen) atoms. The first kappa shape index (κ1) is 11.5. The Balaban J connectivity index is 1.90. The van der Waals surface area contributed by atoms with Crippen molar-refractivity contribution >= 4 is 6.09 Å². The molecular weight excluding hydrogens is 220 g/mol. The van der Waals surface area contributed by atoms with Crippen molar-refractivity contribution in [2.24, 2.45) is 0 Å². The zero-order chi connectivity index (χ0) is 12.3. The molecule has 1 aliphatic rings. The minimum atomic E-state index is -0.511. The van der Waals surface area contributed by atoms with Crippen LogP contribution in [0.4, 0.5) is 4.79 Å². The number of hydrogen-bond donors (Lipinski definition) is 1. The van der Waals surface area contributed by atoms with Gasteiger partial charge in [-0.25, -0.2) is 4.79 Å². The fraction of sp³-hybridized carbons (Fsp3) is 0.250. The lowest BCUT2D eigenvalue weighted by molar-refractivity contribution is -0.0979. The molecule has 5 nitrogen and oxygen atoms in total. The number of hydroxylamine groups is 2. The van der Waals surface area contributed by atoms with E-state index in [9.17, 15) is 4.79 Å². The number of amides is 1. The molecule has 1 aliphatic heterocycles. The van der Waals surface area contributed by atoms with E-state index >= 15 is 0 Å². The van der Waals surface area contributed by atoms with Gasteiger partial charge in [-0.1, -0.05) is 18.2 Å². The van der Waals surface area contributed by atoms with Crippen LogP contribution in [-0.2, 0) is 4.84 Å². The second-order valence-corrected chi connectivity index (χ2v) is 3.71. The maximum atomic E-state index is 11.6. The Kier molecular flexibility index (Phi) is 3.30. The van der Waals surface area contributed by atoms with Crippen molar-refractivity contribution in [1.82, 2.24) is 10.4 Å². The molecule has 0 saturated heterocycles. The van der Waals surface area contributed by atoms with E-state index in [0.29, 0.717) is 5.75 Å². The summed E-state index contributed by atoms with van der Waals surface area (Å²) in [6.45, 7) is 1.82. The second-order valence-electron chi connectivity index (χ2n) is 3.71. The van der Waals surface area contributed by atoms with E-state index in [1.54, 1.807) is 42.5 Å². The third kappa shape index (κ3) is 2.98. The monoisotopic (exact) mass is 234 g/mol. The van der Waals surface area contributed by atoms with Crippen LogP contribution in [0.2, 0.25) is 0 Å². The lowest BCUT2D eigenvalue weighted by atomic mass is 10.3. The van der Waals surface area contributed by atoms with Gasteiger partial charge < -0.3 is 9.57 Å². The van der Waals surface area contributed by atoms with Crippen LogP contribution in [0.5, 0.6) is 5.75 Å². The van der Waals surface area contributed by atoms with E-state index in [2.05, 4.69) is 5.32 Å². The molecule has 2 rings (SSSR count). The number of hydrogen-bond acceptors (Lipinski definition) is 4. The number of allylic oxidation sites excluding steroid dienone is 1. The van der Waals surface area contributed by atoms with Crippen LogP contribution in [0.25, 0.3) is 0 Å². The number of likely N-dealkylation sites (N-methyl/N-ethyl adjacent to an activating group) is 1. The Hall–Kier alpha value is -2.01. The summed E-state index contributed by atoms with van der Waals surface area (Å²) in [5, 5.41) is 4.21. The summed E-state index contributed by atoms with van der Waals surface area (Å²) in [5.74, 6) is 1.25. The van der Waals surface area contributed by atoms with Crippen molar-refractivity contribution in [2.75, 3.05) is 7.05 Å². The predicted molar refractivity (Wildman–Crippen MR) is 62.0 cm³/mol. The molecular formula is C12H14N2O3. The molecule has 0 aliphatic carbocycles. The summed E-state index contributed by atoms with van der Waals surface area (Å²) in [6, 6.07) is 8.90. The number of rotatable bonds is 2. The SMILES string of the molecule is CC1=CC(NC(=O)Oc2ccccc2)N(C)O1. The molecule has 5 heteroatoms. The predicted octanol–water partition coefficient (Wildman–Crippen LogP) is 1.88. The van der Waals surface area contributed by atoms with E-state index in [-0.39, 0.29) is 6.17 Å². The molecule has 1 heterocycles. The van der Waals surface area contributed by atoms with Gasteiger partial charge in [0.1, 0.15) is 17.7 Å². The first-order valence-electron chi connectivity index (χ1n) is 5.28. The molecule has 1 aromatic carbocycles. The van der Waals surface area contributed by atoms with Crippen LogP contribution in [0.3, 0.4) is 0 Å². The summed E-state index contributed by atoms with van der Waals surface area (Å²) in [7, 11) is 1.74. The summed E-state index contributed by atoms with van der Waals surface area (Å²) in [6.07, 6.45) is 0.987. The van der Waals surface area contributed by atoms with Crippen LogP contribution in [0, 0.1) is 0 Å². The summed E-state index contributed by atoms with van der Waals surface area (Å²) >= 11 is 0. The number of carbonyl (C=O) groups is 1. The van der Waals surface area contributed by atoms with Crippen LogP contribution in [0.15, 0.2) is 42.2 Å². The van der Waals surface area contributed by atoms with Crippen molar-refractivity contribution in [3.8, 4) is 5.75 Å². The van der Waals surface area contributed by atoms with Crippen LogP contribution >= 0.6 is 0 Å². The summed E-state index contributed by atoms with van der Waals surface area (Å²) < 4.78 is 5.10. The van der Waals surface area contributed by atoms with Crippen LogP contribution in [0.1, 0.15) is 6.92 Å². The minimum absolute atomic E-state index is 0.300. The van der Waals surface area contributed by atoms with Gasteiger partial charge in [0.15, 0.2) is 0 Å². The Morgan fingerprint density at radius 2 is 2.12 bits per heavy atom. The third-order valence-electron chi connectivity index (χ3n) is 2.29. The van der Waals surface area contributed by atoms with Gasteiger partial charge in [0.2, 0.25) is 0 Å². The lowest BCUT2D eigenvalue weighted by Crippen LogP contribution is -2.43. The molecule has 1 unspecified atom stereocenters. The smallest absolute Gasteiger partial charge is 0.410 e. The highest BCUT2D eigenvalue weighted by atomic mass is 16.7. The third-order valence-corrected chi connectivity index (χ3v) is 2.29. The number of nitrogens with zero attached hydrogens (tertiary/aromatic N) is 1. The van der Waals surface area contributed by atoms with Gasteiger partial charge in [-0.2, -0.15) is 0 Å². The highest BCUT2D eigenvalue weighted by Crippen LogP contribution is 2.14. The van der Waals surface area contributed by atoms with Crippen LogP contribution < -0.4 is 10.1 Å². The second kappa shape index (κ2) is 4.88. The van der Waals surface area contributed by atoms with Gasteiger partial charge in [0.25, 0.3) is 0 Å². The van der Waals surface area contributed by atoms with Gasteiger partial charge in [-0.15, -0.1) is 5.06 Å². The quantitative estimate of drug-likeness (QED) is 0.848. The molecule has 90 valence electrons. The van der Waals surface area contributed by atoms with Gasteiger partial charge in [-0.3, -0.25) is 5.32 Å². The summed E-state index contributed by atoms with van der Waals surface area (Å²) in [5.41, 5.74) is 0. The van der Waals surface area contributed by atoms with Crippen molar-refractivity contribution in [3.05, 3.63) is 42.2 Å². The van der Waals surface area contributed by atoms with Crippen molar-refractivity contribution in [1.29, 1.82) is 0 Å². The minimum Gasteiger partial charge on any atom is -0.410 e. The lowest BCUT2D eigenvalue weighted by Gasteiger charge is -2.18. The number of nitrogens with one attached hydrogen (secondary N) is 1. The average molecular weight is 234 g/mol. The molecule has 1 aromatic rings. The zero-order valence-corrected chi connectivity index (χ0v) is 9.71. The van der Waals surface area contributed by atoms with Gasteiger partial charge in [0.05, 0.1) is 0 Å². The summed E-state index contributed by atoms with van der Waals surface area (Å²) in [4.78, 5) is 16.8. The van der Waals surface area contributed by atoms with Gasteiger partial charge >= 0.3 is 6.09 Å². The maximum absolute atomic E-state index is 11.6. The van der Waals surface area contributed by atoms with Crippen LogP contribution in [-0.4, -0.2) is 24.4 Å². The molecule has 1 N–H and O–H groups in total. The normalized spacial score (nSPS) is 19.4. The topological polar surface area (TPSA) is 50.8 Å². The van der Waals surface area contributed by atoms with E-state index in [1.165, 1.54) is 0 Å². The van der Waals surface area contributed by atoms with E-state index in [0.717, 1.165) is 5.76 Å². The highest BCUT2D eigenvalue weighted by molar-refractivity contribution is 5.70. The first-order chi connectivity index (χ1) is 8.15. The molecule has 1 atom stereocenters. The fourth-order valence-corrected chi connectivity index (χ4v) is 1.52. The Labute approximate surface area is 99.6 Å². The fourth-order valence-electron chi connectivity index (χ4n) is 1.52. The molecule has 1 amide bonds. The number of carbonyl (C=O) groups excluding carboxylic acids is 1. The molecule has 0 saturated carbocycles. The van der Waals surface area contributed by atoms with Crippen molar-refractivity contribution < 1.29 is 14.4 Å². The standard InChI is InChI=1S/C12H14N2O3/c1-9-8-11(14(2)17-9)13-12(15)16-10-6-4-3-5-7-10/h3-8,11H,1-2H3,(H,13,15). The first-order valence-corrected chi connectivity index (χ1v) is 5.28. The van der Waals surface area contributed by atoms with Gasteiger partial charge in [0, 0.05) is 7.05 Å². The highest BCUT2D eigenvalue weighted by Gasteiger charge is 2.23. The molecule has 0 fully saturated rings. The number of benzene rings is 1. The maximum Gasteiger partial charge on any atom is 0.414 e. The zero-order valence-electron chi connectivity index (χ0n) is 9.71. The van der Waals surface area contributed by atoms with Crippen molar-refractivity contribution in [3.63, 3.8) is 0 Å². The molecule has 0 aromatic heterocycles. The largest absolute Gasteiger partial charge is 0.414 e. The molecule has 0 spiro atoms. The number of para-hydroxylation sites is 1. The van der Waals surface area contributed by atoms with E-state index < -0.39 is 6.09 Å². The Morgan fingerprint density at radius 1 is 1.41 bits per heavy atom. The van der Waals surface area contributed by atoms with E-state index in [1.807, 2.05) is 13.0 Å². The average Bonchev–Trinajstić information content (AvgIpc) is 2.58. The van der Waals surface area contributed by atoms with Crippen molar-refractivity contribution in [2.45, 2.75) is 13.1 Å². The Bertz CT molecular complexity index is 431. The Morgan fingerprint density at radius 3 is 2.71 bits per heavy atom. The molecule has 0 bridgehead atoms. The molecule has 0 radical (unpaired) electrons. The van der Waals surface area contributed by atoms with E-state index in [4.69, 9.17) is 9.57 Å². The number of ether oxygens (including phenoxy) is 1. The van der Waals surface area contributed by atoms with Gasteiger partial charge in [-0.05, 0) is 25.1 Å².